The molecule has 0 unspecified atom stereocenters. The number of ether oxygens (including phenoxy) is 1. The second-order valence-corrected chi connectivity index (χ2v) is 11.5. The molecule has 0 aliphatic rings. The van der Waals surface area contributed by atoms with Crippen molar-refractivity contribution in [3.05, 3.63) is 96.2 Å². The molecular weight excluding hydrogens is 502 g/mol. The first-order chi connectivity index (χ1) is 18.1. The molecule has 4 aromatic rings. The lowest BCUT2D eigenvalue weighted by atomic mass is 9.99. The molecule has 3 N–H and O–H groups in total. The zero-order valence-electron chi connectivity index (χ0n) is 21.7. The number of β-amino-alcohol motifs (C(OH)–C–C–N with tert-alkyl or cyclic N) is 1. The molecule has 8 nitrogen and oxygen atoms in total. The van der Waals surface area contributed by atoms with Crippen LogP contribution in [-0.4, -0.2) is 43.3 Å². The molecule has 0 radical (unpaired) electrons. The summed E-state index contributed by atoms with van der Waals surface area (Å²) in [5, 5.41) is 15.2. The highest BCUT2D eigenvalue weighted by Gasteiger charge is 2.20. The Balaban J connectivity index is 1.35. The first kappa shape index (κ1) is 27.4. The zero-order chi connectivity index (χ0) is 27.3. The van der Waals surface area contributed by atoms with Gasteiger partial charge in [0.25, 0.3) is 10.0 Å². The molecule has 0 aliphatic heterocycles. The van der Waals surface area contributed by atoms with Crippen LogP contribution in [0.15, 0.2) is 90.0 Å². The second kappa shape index (κ2) is 11.4. The molecule has 0 amide bonds. The number of sulfonamides is 1. The van der Waals surface area contributed by atoms with Crippen LogP contribution in [0.5, 0.6) is 0 Å². The summed E-state index contributed by atoms with van der Waals surface area (Å²) in [5.74, 6) is -0.359. The van der Waals surface area contributed by atoms with Crippen LogP contribution in [0, 0.1) is 0 Å². The number of aromatic nitrogens is 1. The van der Waals surface area contributed by atoms with Gasteiger partial charge in [0.2, 0.25) is 0 Å². The predicted molar refractivity (Wildman–Crippen MR) is 149 cm³/mol. The SMILES string of the molecule is COC(=O)c1ccc2c(ccn2CCC(C)(C)NC[C@@H](O)c2cccc(NS(=O)(=O)c3ccccc3)c2)c1. The third-order valence-electron chi connectivity index (χ3n) is 6.52. The van der Waals surface area contributed by atoms with Crippen LogP contribution in [0.25, 0.3) is 10.9 Å². The van der Waals surface area contributed by atoms with E-state index in [1.165, 1.54) is 19.2 Å². The van der Waals surface area contributed by atoms with Gasteiger partial charge in [-0.15, -0.1) is 0 Å². The molecule has 1 heterocycles. The fourth-order valence-electron chi connectivity index (χ4n) is 4.24. The number of aryl methyl sites for hydroxylation is 1. The molecule has 4 rings (SSSR count). The number of hydrogen-bond acceptors (Lipinski definition) is 6. The number of carbonyl (C=O) groups is 1. The molecule has 38 heavy (non-hydrogen) atoms. The molecule has 0 saturated heterocycles. The molecule has 3 aromatic carbocycles. The Kier molecular flexibility index (Phi) is 8.20. The molecular formula is C29H33N3O5S. The lowest BCUT2D eigenvalue weighted by molar-refractivity contribution is 0.0601. The first-order valence-electron chi connectivity index (χ1n) is 12.4. The van der Waals surface area contributed by atoms with Gasteiger partial charge < -0.3 is 19.7 Å². The number of rotatable bonds is 11. The van der Waals surface area contributed by atoms with Crippen molar-refractivity contribution in [2.75, 3.05) is 18.4 Å². The number of nitrogens with zero attached hydrogens (tertiary/aromatic N) is 1. The van der Waals surface area contributed by atoms with E-state index >= 15 is 0 Å². The molecule has 9 heteroatoms. The number of aliphatic hydroxyl groups excluding tert-OH is 1. The third kappa shape index (κ3) is 6.61. The van der Waals surface area contributed by atoms with E-state index in [1.54, 1.807) is 48.5 Å². The monoisotopic (exact) mass is 535 g/mol. The molecule has 0 bridgehead atoms. The minimum absolute atomic E-state index is 0.175. The molecule has 0 aliphatic carbocycles. The fraction of sp³-hybridized carbons (Fsp3) is 0.276. The maximum absolute atomic E-state index is 12.6. The van der Waals surface area contributed by atoms with Gasteiger partial charge in [0.05, 0.1) is 23.7 Å². The van der Waals surface area contributed by atoms with Crippen LogP contribution in [0.2, 0.25) is 0 Å². The molecule has 0 saturated carbocycles. The summed E-state index contributed by atoms with van der Waals surface area (Å²) in [4.78, 5) is 12.0. The quantitative estimate of drug-likeness (QED) is 0.240. The molecule has 0 spiro atoms. The number of aliphatic hydroxyl groups is 1. The van der Waals surface area contributed by atoms with Crippen molar-refractivity contribution in [3.63, 3.8) is 0 Å². The highest BCUT2D eigenvalue weighted by atomic mass is 32.2. The molecule has 1 aromatic heterocycles. The van der Waals surface area contributed by atoms with Crippen molar-refractivity contribution in [2.24, 2.45) is 0 Å². The molecule has 200 valence electrons. The van der Waals surface area contributed by atoms with Gasteiger partial charge in [-0.25, -0.2) is 13.2 Å². The summed E-state index contributed by atoms with van der Waals surface area (Å²) < 4.78 is 34.8. The smallest absolute Gasteiger partial charge is 0.337 e. The van der Waals surface area contributed by atoms with Crippen molar-refractivity contribution < 1.29 is 23.1 Å². The summed E-state index contributed by atoms with van der Waals surface area (Å²) >= 11 is 0. The standard InChI is InChI=1S/C29H33N3O5S/c1-29(2,15-17-32-16-14-21-18-23(28(34)37-3)12-13-26(21)32)30-20-27(33)22-8-7-9-24(19-22)31-38(35,36)25-10-5-4-6-11-25/h4-14,16,18-19,27,30-31,33H,15,17,20H2,1-3H3/t27-/m1/s1. The summed E-state index contributed by atoms with van der Waals surface area (Å²) in [7, 11) is -2.35. The van der Waals surface area contributed by atoms with E-state index < -0.39 is 16.1 Å². The van der Waals surface area contributed by atoms with Crippen LogP contribution in [-0.2, 0) is 21.3 Å². The van der Waals surface area contributed by atoms with Crippen LogP contribution < -0.4 is 10.0 Å². The van der Waals surface area contributed by atoms with Crippen molar-refractivity contribution in [3.8, 4) is 0 Å². The lowest BCUT2D eigenvalue weighted by Gasteiger charge is -2.28. The Hall–Kier alpha value is -3.66. The second-order valence-electron chi connectivity index (χ2n) is 9.85. The van der Waals surface area contributed by atoms with Gasteiger partial charge in [0, 0.05) is 41.4 Å². The van der Waals surface area contributed by atoms with Gasteiger partial charge >= 0.3 is 5.97 Å². The van der Waals surface area contributed by atoms with Crippen LogP contribution in [0.1, 0.15) is 42.3 Å². The average molecular weight is 536 g/mol. The maximum Gasteiger partial charge on any atom is 0.337 e. The normalized spacial score (nSPS) is 12.8. The van der Waals surface area contributed by atoms with E-state index in [4.69, 9.17) is 4.74 Å². The van der Waals surface area contributed by atoms with E-state index in [2.05, 4.69) is 28.5 Å². The predicted octanol–water partition coefficient (Wildman–Crippen LogP) is 4.72. The van der Waals surface area contributed by atoms with Crippen molar-refractivity contribution in [1.82, 2.24) is 9.88 Å². The zero-order valence-corrected chi connectivity index (χ0v) is 22.5. The average Bonchev–Trinajstić information content (AvgIpc) is 3.33. The summed E-state index contributed by atoms with van der Waals surface area (Å²) in [6.45, 7) is 5.20. The minimum Gasteiger partial charge on any atom is -0.465 e. The third-order valence-corrected chi connectivity index (χ3v) is 7.92. The summed E-state index contributed by atoms with van der Waals surface area (Å²) in [6, 6.07) is 22.4. The van der Waals surface area contributed by atoms with Gasteiger partial charge in [0.15, 0.2) is 0 Å². The van der Waals surface area contributed by atoms with E-state index in [1.807, 2.05) is 24.4 Å². The highest BCUT2D eigenvalue weighted by Crippen LogP contribution is 2.23. The minimum atomic E-state index is -3.72. The number of esters is 1. The number of nitrogens with one attached hydrogen (secondary N) is 2. The Morgan fingerprint density at radius 1 is 1.03 bits per heavy atom. The number of anilines is 1. The molecule has 1 atom stereocenters. The number of hydrogen-bond donors (Lipinski definition) is 3. The maximum atomic E-state index is 12.6. The summed E-state index contributed by atoms with van der Waals surface area (Å²) in [5.41, 5.74) is 2.27. The Morgan fingerprint density at radius 2 is 1.79 bits per heavy atom. The number of carbonyl (C=O) groups excluding carboxylic acids is 1. The van der Waals surface area contributed by atoms with Crippen molar-refractivity contribution >= 4 is 32.6 Å². The van der Waals surface area contributed by atoms with E-state index in [-0.39, 0.29) is 16.4 Å². The van der Waals surface area contributed by atoms with Gasteiger partial charge in [-0.3, -0.25) is 4.72 Å². The first-order valence-corrected chi connectivity index (χ1v) is 13.8. The summed E-state index contributed by atoms with van der Waals surface area (Å²) in [6.07, 6.45) is 1.97. The largest absolute Gasteiger partial charge is 0.465 e. The van der Waals surface area contributed by atoms with Crippen molar-refractivity contribution in [2.45, 2.75) is 43.4 Å². The van der Waals surface area contributed by atoms with Gasteiger partial charge in [-0.2, -0.15) is 0 Å². The van der Waals surface area contributed by atoms with Gasteiger partial charge in [-0.1, -0.05) is 30.3 Å². The van der Waals surface area contributed by atoms with E-state index in [0.29, 0.717) is 23.4 Å². The highest BCUT2D eigenvalue weighted by molar-refractivity contribution is 7.92. The van der Waals surface area contributed by atoms with E-state index in [0.717, 1.165) is 23.9 Å². The van der Waals surface area contributed by atoms with Crippen LogP contribution >= 0.6 is 0 Å². The Bertz CT molecular complexity index is 1510. The molecule has 0 fully saturated rings. The van der Waals surface area contributed by atoms with Gasteiger partial charge in [0.1, 0.15) is 0 Å². The Labute approximate surface area is 223 Å². The lowest BCUT2D eigenvalue weighted by Crippen LogP contribution is -2.42. The number of methoxy groups -OCH3 is 1. The van der Waals surface area contributed by atoms with Gasteiger partial charge in [-0.05, 0) is 74.4 Å². The van der Waals surface area contributed by atoms with Crippen LogP contribution in [0.4, 0.5) is 5.69 Å². The van der Waals surface area contributed by atoms with E-state index in [9.17, 15) is 18.3 Å². The topological polar surface area (TPSA) is 110 Å². The number of fused-ring (bicyclic) bond motifs is 1. The number of benzene rings is 3. The Morgan fingerprint density at radius 3 is 2.53 bits per heavy atom. The van der Waals surface area contributed by atoms with Crippen LogP contribution in [0.3, 0.4) is 0 Å². The van der Waals surface area contributed by atoms with Crippen molar-refractivity contribution in [1.29, 1.82) is 0 Å². The fourth-order valence-corrected chi connectivity index (χ4v) is 5.31.